The normalized spacial score (nSPS) is 30.6. The second-order valence-corrected chi connectivity index (χ2v) is 7.01. The van der Waals surface area contributed by atoms with Crippen LogP contribution in [0.25, 0.3) is 0 Å². The fraction of sp³-hybridized carbons (Fsp3) is 0.818. The molecule has 0 N–H and O–H groups in total. The standard InChI is InChI=1S/C11H17IN2OS/c1-3-15-11(6-4-5-8(2)7-11)9-13-10(12)16-14-9/h8H,3-7H2,1-2H3. The lowest BCUT2D eigenvalue weighted by atomic mass is 9.78. The highest BCUT2D eigenvalue weighted by Gasteiger charge is 2.40. The number of hydrogen-bond donors (Lipinski definition) is 0. The van der Waals surface area contributed by atoms with Crippen molar-refractivity contribution < 1.29 is 4.74 Å². The van der Waals surface area contributed by atoms with E-state index in [4.69, 9.17) is 4.74 Å². The first-order valence-electron chi connectivity index (χ1n) is 5.80. The summed E-state index contributed by atoms with van der Waals surface area (Å²) in [6.07, 6.45) is 4.65. The second kappa shape index (κ2) is 5.27. The molecule has 0 saturated heterocycles. The highest BCUT2D eigenvalue weighted by atomic mass is 127. The highest BCUT2D eigenvalue weighted by molar-refractivity contribution is 14.1. The van der Waals surface area contributed by atoms with E-state index >= 15 is 0 Å². The van der Waals surface area contributed by atoms with Crippen LogP contribution in [0.5, 0.6) is 0 Å². The van der Waals surface area contributed by atoms with E-state index in [9.17, 15) is 0 Å². The van der Waals surface area contributed by atoms with Crippen LogP contribution >= 0.6 is 34.1 Å². The summed E-state index contributed by atoms with van der Waals surface area (Å²) >= 11 is 3.70. The van der Waals surface area contributed by atoms with Crippen LogP contribution in [0.2, 0.25) is 0 Å². The van der Waals surface area contributed by atoms with Gasteiger partial charge in [0.15, 0.2) is 8.84 Å². The largest absolute Gasteiger partial charge is 0.367 e. The third-order valence-corrected chi connectivity index (χ3v) is 4.52. The summed E-state index contributed by atoms with van der Waals surface area (Å²) < 4.78 is 11.5. The molecule has 5 heteroatoms. The molecule has 0 radical (unpaired) electrons. The summed E-state index contributed by atoms with van der Waals surface area (Å²) in [7, 11) is 0. The molecule has 1 fully saturated rings. The van der Waals surface area contributed by atoms with Gasteiger partial charge in [0.1, 0.15) is 5.60 Å². The van der Waals surface area contributed by atoms with Crippen molar-refractivity contribution in [3.8, 4) is 0 Å². The van der Waals surface area contributed by atoms with E-state index in [1.54, 1.807) is 0 Å². The predicted molar refractivity (Wildman–Crippen MR) is 73.6 cm³/mol. The summed E-state index contributed by atoms with van der Waals surface area (Å²) in [6, 6.07) is 0. The summed E-state index contributed by atoms with van der Waals surface area (Å²) in [5.41, 5.74) is -0.202. The van der Waals surface area contributed by atoms with Gasteiger partial charge in [-0.3, -0.25) is 0 Å². The lowest BCUT2D eigenvalue weighted by molar-refractivity contribution is -0.0874. The quantitative estimate of drug-likeness (QED) is 0.780. The highest BCUT2D eigenvalue weighted by Crippen LogP contribution is 2.42. The van der Waals surface area contributed by atoms with Gasteiger partial charge in [0.25, 0.3) is 0 Å². The Bertz CT molecular complexity index is 354. The number of halogens is 1. The Kier molecular flexibility index (Phi) is 4.18. The first-order chi connectivity index (χ1) is 7.66. The molecule has 0 bridgehead atoms. The van der Waals surface area contributed by atoms with Gasteiger partial charge in [0.05, 0.1) is 0 Å². The van der Waals surface area contributed by atoms with Gasteiger partial charge in [-0.1, -0.05) is 13.3 Å². The molecular weight excluding hydrogens is 335 g/mol. The molecule has 16 heavy (non-hydrogen) atoms. The van der Waals surface area contributed by atoms with E-state index in [2.05, 4.69) is 45.8 Å². The SMILES string of the molecule is CCOC1(c2nsc(I)n2)CCCC(C)C1. The van der Waals surface area contributed by atoms with Gasteiger partial charge in [0.2, 0.25) is 0 Å². The van der Waals surface area contributed by atoms with Crippen LogP contribution in [0.3, 0.4) is 0 Å². The van der Waals surface area contributed by atoms with Crippen LogP contribution in [0.1, 0.15) is 45.4 Å². The Morgan fingerprint density at radius 2 is 2.44 bits per heavy atom. The molecule has 2 atom stereocenters. The molecule has 0 aromatic carbocycles. The lowest BCUT2D eigenvalue weighted by Gasteiger charge is -2.37. The summed E-state index contributed by atoms with van der Waals surface area (Å²) in [6.45, 7) is 5.09. The molecule has 1 aliphatic carbocycles. The van der Waals surface area contributed by atoms with Gasteiger partial charge in [0, 0.05) is 6.61 Å². The average molecular weight is 352 g/mol. The smallest absolute Gasteiger partial charge is 0.175 e. The Hall–Kier alpha value is 0.250. The van der Waals surface area contributed by atoms with Gasteiger partial charge >= 0.3 is 0 Å². The maximum Gasteiger partial charge on any atom is 0.175 e. The topological polar surface area (TPSA) is 35.0 Å². The van der Waals surface area contributed by atoms with E-state index in [1.807, 2.05) is 0 Å². The number of hydrogen-bond acceptors (Lipinski definition) is 4. The molecule has 0 amide bonds. The first kappa shape index (κ1) is 12.7. The maximum absolute atomic E-state index is 6.02. The zero-order chi connectivity index (χ0) is 11.6. The fourth-order valence-electron chi connectivity index (χ4n) is 2.57. The Morgan fingerprint density at radius 1 is 1.62 bits per heavy atom. The molecule has 3 nitrogen and oxygen atoms in total. The van der Waals surface area contributed by atoms with E-state index in [0.29, 0.717) is 5.92 Å². The summed E-state index contributed by atoms with van der Waals surface area (Å²) in [5, 5.41) is 0. The van der Waals surface area contributed by atoms with E-state index in [1.165, 1.54) is 24.4 Å². The summed E-state index contributed by atoms with van der Waals surface area (Å²) in [4.78, 5) is 4.53. The average Bonchev–Trinajstić information content (AvgIpc) is 2.66. The Labute approximate surface area is 114 Å². The van der Waals surface area contributed by atoms with Crippen molar-refractivity contribution in [1.29, 1.82) is 0 Å². The Morgan fingerprint density at radius 3 is 3.00 bits per heavy atom. The number of rotatable bonds is 3. The van der Waals surface area contributed by atoms with Crippen molar-refractivity contribution in [2.24, 2.45) is 5.92 Å². The van der Waals surface area contributed by atoms with Crippen LogP contribution < -0.4 is 0 Å². The van der Waals surface area contributed by atoms with Crippen LogP contribution in [0, 0.1) is 8.93 Å². The number of ether oxygens (including phenoxy) is 1. The minimum absolute atomic E-state index is 0.202. The Balaban J connectivity index is 2.27. The second-order valence-electron chi connectivity index (χ2n) is 4.50. The predicted octanol–water partition coefficient (Wildman–Crippen LogP) is 3.58. The van der Waals surface area contributed by atoms with Gasteiger partial charge in [-0.25, -0.2) is 4.98 Å². The molecular formula is C11H17IN2OS. The molecule has 0 spiro atoms. The lowest BCUT2D eigenvalue weighted by Crippen LogP contribution is -2.36. The minimum Gasteiger partial charge on any atom is -0.367 e. The zero-order valence-electron chi connectivity index (χ0n) is 9.70. The first-order valence-corrected chi connectivity index (χ1v) is 7.65. The van der Waals surface area contributed by atoms with Crippen LogP contribution in [0.4, 0.5) is 0 Å². The molecule has 1 heterocycles. The molecule has 1 aromatic rings. The maximum atomic E-state index is 6.02. The zero-order valence-corrected chi connectivity index (χ0v) is 12.7. The van der Waals surface area contributed by atoms with Crippen molar-refractivity contribution in [2.75, 3.05) is 6.61 Å². The number of nitrogens with zero attached hydrogens (tertiary/aromatic N) is 2. The van der Waals surface area contributed by atoms with E-state index in [0.717, 1.165) is 28.3 Å². The van der Waals surface area contributed by atoms with Crippen LogP contribution in [0.15, 0.2) is 0 Å². The fourth-order valence-corrected chi connectivity index (χ4v) is 3.59. The van der Waals surface area contributed by atoms with Crippen molar-refractivity contribution in [2.45, 2.75) is 45.1 Å². The van der Waals surface area contributed by atoms with Crippen molar-refractivity contribution in [3.63, 3.8) is 0 Å². The van der Waals surface area contributed by atoms with Gasteiger partial charge in [-0.2, -0.15) is 4.37 Å². The third-order valence-electron chi connectivity index (χ3n) is 3.19. The molecule has 0 aliphatic heterocycles. The van der Waals surface area contributed by atoms with Crippen LogP contribution in [-0.2, 0) is 10.3 Å². The van der Waals surface area contributed by atoms with E-state index in [-0.39, 0.29) is 5.60 Å². The monoisotopic (exact) mass is 352 g/mol. The molecule has 90 valence electrons. The third kappa shape index (κ3) is 2.56. The van der Waals surface area contributed by atoms with E-state index < -0.39 is 0 Å². The molecule has 1 aliphatic rings. The van der Waals surface area contributed by atoms with Crippen molar-refractivity contribution in [1.82, 2.24) is 9.36 Å². The van der Waals surface area contributed by atoms with Crippen molar-refractivity contribution >= 4 is 34.1 Å². The van der Waals surface area contributed by atoms with Gasteiger partial charge in [-0.05, 0) is 66.2 Å². The van der Waals surface area contributed by atoms with Gasteiger partial charge < -0.3 is 4.74 Å². The summed E-state index contributed by atoms with van der Waals surface area (Å²) in [5.74, 6) is 1.62. The van der Waals surface area contributed by atoms with Crippen molar-refractivity contribution in [3.05, 3.63) is 8.84 Å². The molecule has 2 rings (SSSR count). The number of aromatic nitrogens is 2. The molecule has 1 aromatic heterocycles. The van der Waals surface area contributed by atoms with Gasteiger partial charge in [-0.15, -0.1) is 0 Å². The van der Waals surface area contributed by atoms with Crippen LogP contribution in [-0.4, -0.2) is 16.0 Å². The molecule has 2 unspecified atom stereocenters. The molecule has 1 saturated carbocycles. The minimum atomic E-state index is -0.202.